The van der Waals surface area contributed by atoms with E-state index < -0.39 is 0 Å². The second-order valence-corrected chi connectivity index (χ2v) is 6.27. The summed E-state index contributed by atoms with van der Waals surface area (Å²) in [6, 6.07) is 6.01. The van der Waals surface area contributed by atoms with Gasteiger partial charge in [-0.2, -0.15) is 0 Å². The molecule has 1 aromatic rings. The molecule has 1 N–H and O–H groups in total. The van der Waals surface area contributed by atoms with Crippen molar-refractivity contribution >= 4 is 23.2 Å². The Bertz CT molecular complexity index is 432. The fraction of sp³-hybridized carbons (Fsp3) is 0.600. The van der Waals surface area contributed by atoms with Crippen molar-refractivity contribution in [2.24, 2.45) is 5.41 Å². The average Bonchev–Trinajstić information content (AvgIpc) is 3.17. The zero-order valence-corrected chi connectivity index (χ0v) is 13.0. The van der Waals surface area contributed by atoms with E-state index in [0.29, 0.717) is 15.5 Å². The Morgan fingerprint density at radius 2 is 2.11 bits per heavy atom. The predicted molar refractivity (Wildman–Crippen MR) is 81.0 cm³/mol. The van der Waals surface area contributed by atoms with Gasteiger partial charge in [0.05, 0.1) is 10.0 Å². The lowest BCUT2D eigenvalue weighted by molar-refractivity contribution is 0.170. The van der Waals surface area contributed by atoms with Crippen molar-refractivity contribution in [3.8, 4) is 0 Å². The van der Waals surface area contributed by atoms with E-state index in [4.69, 9.17) is 27.9 Å². The van der Waals surface area contributed by atoms with E-state index in [1.54, 1.807) is 7.11 Å². The maximum atomic E-state index is 6.25. The molecule has 0 saturated heterocycles. The van der Waals surface area contributed by atoms with Crippen molar-refractivity contribution in [2.75, 3.05) is 20.3 Å². The Morgan fingerprint density at radius 1 is 1.37 bits per heavy atom. The summed E-state index contributed by atoms with van der Waals surface area (Å²) in [6.07, 6.45) is 3.71. The minimum Gasteiger partial charge on any atom is -0.385 e. The lowest BCUT2D eigenvalue weighted by atomic mass is 10.0. The number of hydrogen-bond acceptors (Lipinski definition) is 2. The zero-order valence-electron chi connectivity index (χ0n) is 11.5. The highest BCUT2D eigenvalue weighted by Gasteiger charge is 2.41. The summed E-state index contributed by atoms with van der Waals surface area (Å²) >= 11 is 12.3. The van der Waals surface area contributed by atoms with Crippen LogP contribution in [-0.4, -0.2) is 20.3 Å². The molecule has 1 aliphatic rings. The van der Waals surface area contributed by atoms with Crippen molar-refractivity contribution < 1.29 is 4.74 Å². The largest absolute Gasteiger partial charge is 0.385 e. The average molecular weight is 302 g/mol. The van der Waals surface area contributed by atoms with E-state index in [0.717, 1.165) is 25.1 Å². The Balaban J connectivity index is 1.91. The van der Waals surface area contributed by atoms with Gasteiger partial charge in [0.1, 0.15) is 0 Å². The molecule has 1 saturated carbocycles. The molecule has 0 bridgehead atoms. The van der Waals surface area contributed by atoms with Gasteiger partial charge in [0, 0.05) is 26.3 Å². The SMILES string of the molecule is COCCC1(CNC(C)c2cccc(Cl)c2Cl)CC1. The third-order valence-corrected chi connectivity index (χ3v) is 4.86. The molecule has 1 aliphatic carbocycles. The van der Waals surface area contributed by atoms with E-state index in [9.17, 15) is 0 Å². The molecule has 0 amide bonds. The molecule has 1 atom stereocenters. The van der Waals surface area contributed by atoms with Gasteiger partial charge in [-0.3, -0.25) is 0 Å². The summed E-state index contributed by atoms with van der Waals surface area (Å²) in [7, 11) is 1.76. The van der Waals surface area contributed by atoms with Gasteiger partial charge in [0.25, 0.3) is 0 Å². The summed E-state index contributed by atoms with van der Waals surface area (Å²) in [4.78, 5) is 0. The lowest BCUT2D eigenvalue weighted by Gasteiger charge is -2.21. The van der Waals surface area contributed by atoms with Crippen LogP contribution >= 0.6 is 23.2 Å². The Morgan fingerprint density at radius 3 is 2.74 bits per heavy atom. The maximum Gasteiger partial charge on any atom is 0.0639 e. The molecular weight excluding hydrogens is 281 g/mol. The monoisotopic (exact) mass is 301 g/mol. The summed E-state index contributed by atoms with van der Waals surface area (Å²) in [5.41, 5.74) is 1.51. The van der Waals surface area contributed by atoms with Crippen LogP contribution in [0.25, 0.3) is 0 Å². The molecule has 2 nitrogen and oxygen atoms in total. The summed E-state index contributed by atoms with van der Waals surface area (Å²) in [5, 5.41) is 4.86. The number of ether oxygens (including phenoxy) is 1. The van der Waals surface area contributed by atoms with E-state index in [1.807, 2.05) is 18.2 Å². The van der Waals surface area contributed by atoms with Crippen LogP contribution in [0.1, 0.15) is 37.8 Å². The van der Waals surface area contributed by atoms with Gasteiger partial charge in [-0.15, -0.1) is 0 Å². The van der Waals surface area contributed by atoms with Crippen molar-refractivity contribution in [1.29, 1.82) is 0 Å². The van der Waals surface area contributed by atoms with Gasteiger partial charge >= 0.3 is 0 Å². The number of halogens is 2. The molecule has 0 aromatic heterocycles. The number of nitrogens with one attached hydrogen (secondary N) is 1. The first kappa shape index (κ1) is 15.1. The molecule has 1 unspecified atom stereocenters. The molecular formula is C15H21Cl2NO. The molecule has 0 aliphatic heterocycles. The third-order valence-electron chi connectivity index (χ3n) is 4.02. The van der Waals surface area contributed by atoms with Crippen LogP contribution < -0.4 is 5.32 Å². The Hall–Kier alpha value is -0.280. The van der Waals surface area contributed by atoms with Gasteiger partial charge in [0.15, 0.2) is 0 Å². The number of benzene rings is 1. The van der Waals surface area contributed by atoms with Crippen LogP contribution in [0, 0.1) is 5.41 Å². The third kappa shape index (κ3) is 3.85. The minimum atomic E-state index is 0.214. The van der Waals surface area contributed by atoms with E-state index >= 15 is 0 Å². The zero-order chi connectivity index (χ0) is 13.9. The van der Waals surface area contributed by atoms with Crippen LogP contribution in [-0.2, 0) is 4.74 Å². The molecule has 2 rings (SSSR count). The van der Waals surface area contributed by atoms with Gasteiger partial charge < -0.3 is 10.1 Å². The van der Waals surface area contributed by atoms with Gasteiger partial charge in [-0.1, -0.05) is 35.3 Å². The predicted octanol–water partition coefficient (Wildman–Crippen LogP) is 4.46. The smallest absolute Gasteiger partial charge is 0.0639 e. The molecule has 19 heavy (non-hydrogen) atoms. The summed E-state index contributed by atoms with van der Waals surface area (Å²) in [6.45, 7) is 3.98. The first-order chi connectivity index (χ1) is 9.08. The summed E-state index contributed by atoms with van der Waals surface area (Å²) < 4.78 is 5.18. The normalized spacial score (nSPS) is 18.3. The second kappa shape index (κ2) is 6.45. The van der Waals surface area contributed by atoms with E-state index in [-0.39, 0.29) is 6.04 Å². The Labute approximate surface area is 125 Å². The fourth-order valence-electron chi connectivity index (χ4n) is 2.34. The van der Waals surface area contributed by atoms with Crippen molar-refractivity contribution in [1.82, 2.24) is 5.32 Å². The van der Waals surface area contributed by atoms with E-state index in [2.05, 4.69) is 12.2 Å². The minimum absolute atomic E-state index is 0.214. The standard InChI is InChI=1S/C15H21Cl2NO/c1-11(12-4-3-5-13(16)14(12)17)18-10-15(6-7-15)8-9-19-2/h3-5,11,18H,6-10H2,1-2H3. The van der Waals surface area contributed by atoms with Crippen molar-refractivity contribution in [2.45, 2.75) is 32.2 Å². The first-order valence-electron chi connectivity index (χ1n) is 6.74. The van der Waals surface area contributed by atoms with Crippen LogP contribution in [0.4, 0.5) is 0 Å². The van der Waals surface area contributed by atoms with Gasteiger partial charge in [-0.25, -0.2) is 0 Å². The maximum absolute atomic E-state index is 6.25. The molecule has 0 heterocycles. The highest BCUT2D eigenvalue weighted by atomic mass is 35.5. The van der Waals surface area contributed by atoms with Crippen LogP contribution in [0.15, 0.2) is 18.2 Å². The number of hydrogen-bond donors (Lipinski definition) is 1. The molecule has 106 valence electrons. The topological polar surface area (TPSA) is 21.3 Å². The molecule has 1 fully saturated rings. The van der Waals surface area contributed by atoms with Crippen LogP contribution in [0.5, 0.6) is 0 Å². The first-order valence-corrected chi connectivity index (χ1v) is 7.50. The number of methoxy groups -OCH3 is 1. The Kier molecular flexibility index (Phi) is 5.13. The van der Waals surface area contributed by atoms with Gasteiger partial charge in [0.2, 0.25) is 0 Å². The molecule has 0 radical (unpaired) electrons. The molecule has 0 spiro atoms. The highest BCUT2D eigenvalue weighted by Crippen LogP contribution is 2.48. The van der Waals surface area contributed by atoms with Crippen LogP contribution in [0.2, 0.25) is 10.0 Å². The molecule has 1 aromatic carbocycles. The lowest BCUT2D eigenvalue weighted by Crippen LogP contribution is -2.27. The highest BCUT2D eigenvalue weighted by molar-refractivity contribution is 6.42. The van der Waals surface area contributed by atoms with Crippen molar-refractivity contribution in [3.63, 3.8) is 0 Å². The van der Waals surface area contributed by atoms with E-state index in [1.165, 1.54) is 12.8 Å². The fourth-order valence-corrected chi connectivity index (χ4v) is 2.82. The summed E-state index contributed by atoms with van der Waals surface area (Å²) in [5.74, 6) is 0. The number of rotatable bonds is 7. The molecule has 4 heteroatoms. The second-order valence-electron chi connectivity index (χ2n) is 5.49. The van der Waals surface area contributed by atoms with Gasteiger partial charge in [-0.05, 0) is 43.2 Å². The van der Waals surface area contributed by atoms with Crippen LogP contribution in [0.3, 0.4) is 0 Å². The van der Waals surface area contributed by atoms with Crippen molar-refractivity contribution in [3.05, 3.63) is 33.8 Å². The quantitative estimate of drug-likeness (QED) is 0.803.